The van der Waals surface area contributed by atoms with Gasteiger partial charge in [-0.15, -0.1) is 0 Å². The molecule has 3 heterocycles. The van der Waals surface area contributed by atoms with E-state index in [1.807, 2.05) is 6.07 Å². The van der Waals surface area contributed by atoms with Gasteiger partial charge in [-0.05, 0) is 25.1 Å². The maximum absolute atomic E-state index is 14.2. The molecule has 0 amide bonds. The zero-order valence-electron chi connectivity index (χ0n) is 17.8. The second-order valence-electron chi connectivity index (χ2n) is 7.41. The molecule has 1 unspecified atom stereocenters. The van der Waals surface area contributed by atoms with Gasteiger partial charge >= 0.3 is 5.69 Å². The molecule has 0 saturated carbocycles. The summed E-state index contributed by atoms with van der Waals surface area (Å²) in [5, 5.41) is 14.0. The summed E-state index contributed by atoms with van der Waals surface area (Å²) >= 11 is 0. The van der Waals surface area contributed by atoms with Gasteiger partial charge in [0.25, 0.3) is 0 Å². The summed E-state index contributed by atoms with van der Waals surface area (Å²) in [6, 6.07) is 5.96. The number of aromatic nitrogens is 5. The van der Waals surface area contributed by atoms with Crippen LogP contribution in [0.5, 0.6) is 0 Å². The normalized spacial score (nSPS) is 17.2. The smallest absolute Gasteiger partial charge is 0.366 e. The molecule has 8 N–H and O–H groups in total. The molecule has 0 spiro atoms. The first-order chi connectivity index (χ1) is 15.6. The highest BCUT2D eigenvalue weighted by molar-refractivity contribution is 5.71. The van der Waals surface area contributed by atoms with Crippen LogP contribution in [0.2, 0.25) is 0 Å². The van der Waals surface area contributed by atoms with E-state index in [0.29, 0.717) is 16.9 Å². The topological polar surface area (TPSA) is 195 Å². The second kappa shape index (κ2) is 7.75. The van der Waals surface area contributed by atoms with Gasteiger partial charge in [0.05, 0.1) is 23.5 Å². The first-order valence-corrected chi connectivity index (χ1v) is 9.72. The van der Waals surface area contributed by atoms with E-state index < -0.39 is 17.6 Å². The van der Waals surface area contributed by atoms with Crippen molar-refractivity contribution in [1.29, 1.82) is 5.26 Å². The molecule has 4 rings (SSSR count). The molecule has 3 aromatic rings. The Morgan fingerprint density at radius 2 is 2.06 bits per heavy atom. The molecule has 13 heteroatoms. The van der Waals surface area contributed by atoms with Crippen LogP contribution in [0.3, 0.4) is 0 Å². The van der Waals surface area contributed by atoms with Crippen molar-refractivity contribution in [3.05, 3.63) is 74.7 Å². The number of ether oxygens (including phenoxy) is 1. The predicted molar refractivity (Wildman–Crippen MR) is 116 cm³/mol. The first kappa shape index (κ1) is 21.5. The van der Waals surface area contributed by atoms with Gasteiger partial charge in [0.2, 0.25) is 5.95 Å². The third kappa shape index (κ3) is 3.53. The van der Waals surface area contributed by atoms with Crippen molar-refractivity contribution in [3.8, 4) is 11.8 Å². The minimum Gasteiger partial charge on any atom is -0.482 e. The van der Waals surface area contributed by atoms with Crippen molar-refractivity contribution >= 4 is 11.6 Å². The van der Waals surface area contributed by atoms with Crippen LogP contribution >= 0.6 is 0 Å². The van der Waals surface area contributed by atoms with Crippen molar-refractivity contribution in [1.82, 2.24) is 24.1 Å². The molecule has 0 fully saturated rings. The van der Waals surface area contributed by atoms with Crippen LogP contribution in [-0.4, -0.2) is 24.1 Å². The summed E-state index contributed by atoms with van der Waals surface area (Å²) in [4.78, 5) is 16.5. The number of allylic oxidation sites excluding steroid dienone is 1. The number of nitrogen functional groups attached to an aromatic ring is 1. The van der Waals surface area contributed by atoms with Gasteiger partial charge in [-0.2, -0.15) is 15.3 Å². The summed E-state index contributed by atoms with van der Waals surface area (Å²) in [5.41, 5.74) is 24.8. The van der Waals surface area contributed by atoms with Crippen molar-refractivity contribution in [2.45, 2.75) is 19.6 Å². The summed E-state index contributed by atoms with van der Waals surface area (Å²) < 4.78 is 24.0. The highest BCUT2D eigenvalue weighted by atomic mass is 19.1. The number of hydrogen-bond donors (Lipinski definition) is 4. The number of benzene rings is 1. The Bertz CT molecular complexity index is 1430. The Hall–Kier alpha value is -4.73. The lowest BCUT2D eigenvalue weighted by Crippen LogP contribution is -2.26. The number of aryl methyl sites for hydroxylation is 1. The highest BCUT2D eigenvalue weighted by Gasteiger charge is 2.26. The fourth-order valence-corrected chi connectivity index (χ4v) is 3.76. The lowest BCUT2D eigenvalue weighted by molar-refractivity contribution is 0.139. The Kier molecular flexibility index (Phi) is 5.05. The van der Waals surface area contributed by atoms with Crippen LogP contribution in [-0.2, 0) is 18.3 Å². The van der Waals surface area contributed by atoms with Crippen molar-refractivity contribution in [2.24, 2.45) is 24.2 Å². The third-order valence-electron chi connectivity index (χ3n) is 5.23. The lowest BCUT2D eigenvalue weighted by atomic mass is 10.1. The molecule has 1 aromatic carbocycles. The van der Waals surface area contributed by atoms with Gasteiger partial charge in [-0.25, -0.2) is 18.5 Å². The Balaban J connectivity index is 2.11. The molecule has 0 bridgehead atoms. The number of anilines is 1. The molecule has 1 aliphatic heterocycles. The van der Waals surface area contributed by atoms with E-state index in [2.05, 4.69) is 10.1 Å². The molecule has 0 aliphatic carbocycles. The second-order valence-corrected chi connectivity index (χ2v) is 7.41. The van der Waals surface area contributed by atoms with Crippen LogP contribution < -0.4 is 28.6 Å². The number of nitrogens with two attached hydrogens (primary N) is 4. The Morgan fingerprint density at radius 3 is 2.73 bits per heavy atom. The minimum absolute atomic E-state index is 0.0190. The molecule has 1 atom stereocenters. The average molecular weight is 452 g/mol. The van der Waals surface area contributed by atoms with Crippen molar-refractivity contribution < 1.29 is 9.13 Å². The molecule has 1 aliphatic rings. The molecule has 0 radical (unpaired) electrons. The molecule has 12 nitrogen and oxygen atoms in total. The molecule has 2 aromatic heterocycles. The van der Waals surface area contributed by atoms with Gasteiger partial charge in [0, 0.05) is 24.4 Å². The van der Waals surface area contributed by atoms with Crippen LogP contribution in [0.1, 0.15) is 35.5 Å². The first-order valence-electron chi connectivity index (χ1n) is 9.72. The van der Waals surface area contributed by atoms with Gasteiger partial charge in [0.15, 0.2) is 5.76 Å². The van der Waals surface area contributed by atoms with Gasteiger partial charge in [-0.1, -0.05) is 0 Å². The summed E-state index contributed by atoms with van der Waals surface area (Å²) in [6.45, 7) is 1.51. The Labute approximate surface area is 186 Å². The zero-order valence-corrected chi connectivity index (χ0v) is 17.8. The van der Waals surface area contributed by atoms with Crippen LogP contribution in [0.15, 0.2) is 40.6 Å². The number of fused-ring (bicyclic) bond motifs is 4. The largest absolute Gasteiger partial charge is 0.482 e. The van der Waals surface area contributed by atoms with E-state index in [4.69, 9.17) is 27.7 Å². The van der Waals surface area contributed by atoms with Crippen LogP contribution in [0.25, 0.3) is 11.4 Å². The number of halogens is 1. The molecule has 33 heavy (non-hydrogen) atoms. The molecule has 0 saturated heterocycles. The SMILES string of the molecule is CC1OC(=C(N)N)/C=C(\N)c2c(nn(C)c2C#N)Cn2c(=O)nc(N)n2-c2ccc(F)cc21. The van der Waals surface area contributed by atoms with Gasteiger partial charge in [-0.3, -0.25) is 4.68 Å². The van der Waals surface area contributed by atoms with Gasteiger partial charge in [0.1, 0.15) is 29.5 Å². The summed E-state index contributed by atoms with van der Waals surface area (Å²) in [6.07, 6.45) is 0.563. The van der Waals surface area contributed by atoms with E-state index in [0.717, 1.165) is 0 Å². The lowest BCUT2D eigenvalue weighted by Gasteiger charge is -2.22. The van der Waals surface area contributed by atoms with E-state index in [1.54, 1.807) is 14.0 Å². The van der Waals surface area contributed by atoms with E-state index in [1.165, 1.54) is 38.3 Å². The average Bonchev–Trinajstić information content (AvgIpc) is 3.21. The van der Waals surface area contributed by atoms with Crippen LogP contribution in [0.4, 0.5) is 10.3 Å². The fourth-order valence-electron chi connectivity index (χ4n) is 3.76. The number of hydrogen-bond acceptors (Lipinski definition) is 9. The third-order valence-corrected chi connectivity index (χ3v) is 5.23. The maximum atomic E-state index is 14.2. The zero-order chi connectivity index (χ0) is 24.0. The molecule has 170 valence electrons. The monoisotopic (exact) mass is 452 g/mol. The maximum Gasteiger partial charge on any atom is 0.366 e. The fraction of sp³-hybridized carbons (Fsp3) is 0.200. The summed E-state index contributed by atoms with van der Waals surface area (Å²) in [7, 11) is 1.57. The number of nitriles is 1. The summed E-state index contributed by atoms with van der Waals surface area (Å²) in [5.74, 6) is -0.822. The van der Waals surface area contributed by atoms with Crippen LogP contribution in [0, 0.1) is 17.1 Å². The quantitative estimate of drug-likeness (QED) is 0.360. The number of nitrogens with zero attached hydrogens (tertiary/aromatic N) is 6. The van der Waals surface area contributed by atoms with Gasteiger partial charge < -0.3 is 27.7 Å². The number of rotatable bonds is 0. The molecular formula is C20H21FN10O2. The van der Waals surface area contributed by atoms with Crippen molar-refractivity contribution in [3.63, 3.8) is 0 Å². The van der Waals surface area contributed by atoms with E-state index in [-0.39, 0.29) is 41.0 Å². The highest BCUT2D eigenvalue weighted by Crippen LogP contribution is 2.31. The Morgan fingerprint density at radius 1 is 1.33 bits per heavy atom. The van der Waals surface area contributed by atoms with E-state index >= 15 is 0 Å². The molecular weight excluding hydrogens is 431 g/mol. The van der Waals surface area contributed by atoms with Crippen molar-refractivity contribution in [2.75, 3.05) is 5.73 Å². The van der Waals surface area contributed by atoms with E-state index in [9.17, 15) is 14.4 Å². The predicted octanol–water partition coefficient (Wildman–Crippen LogP) is -0.114. The minimum atomic E-state index is -0.801. The standard InChI is InChI=1S/C20H21FN10O2/c1-9-11-5-10(21)3-4-14(11)31-19(26)27-20(32)30(31)8-13-17(15(7-22)29(2)28-13)12(23)6-16(33-9)18(24)25/h3-6,9H,8,23-25H2,1-2H3,(H2,26,27,32)/b12-6-.